The first-order valence-electron chi connectivity index (χ1n) is 5.05. The molecule has 0 aliphatic carbocycles. The number of amides is 1. The Balaban J connectivity index is 2.78. The quantitative estimate of drug-likeness (QED) is 0.629. The molecular weight excluding hydrogens is 209 g/mol. The van der Waals surface area contributed by atoms with Crippen LogP contribution in [0.2, 0.25) is 0 Å². The van der Waals surface area contributed by atoms with E-state index in [-0.39, 0.29) is 11.7 Å². The lowest BCUT2D eigenvalue weighted by Crippen LogP contribution is -2.34. The topological polar surface area (TPSA) is 46.2 Å². The average molecular weight is 223 g/mol. The van der Waals surface area contributed by atoms with Gasteiger partial charge in [-0.2, -0.15) is 0 Å². The fourth-order valence-corrected chi connectivity index (χ4v) is 1.10. The van der Waals surface area contributed by atoms with Crippen LogP contribution in [0.15, 0.2) is 24.3 Å². The van der Waals surface area contributed by atoms with Crippen LogP contribution in [0, 0.1) is 11.2 Å². The number of hydrogen-bond acceptors (Lipinski definition) is 2. The smallest absolute Gasteiger partial charge is 0.237 e. The summed E-state index contributed by atoms with van der Waals surface area (Å²) in [5, 5.41) is 2.57. The molecule has 3 nitrogen and oxygen atoms in total. The van der Waals surface area contributed by atoms with Gasteiger partial charge in [0.15, 0.2) is 0 Å². The summed E-state index contributed by atoms with van der Waals surface area (Å²) in [7, 11) is 0. The largest absolute Gasteiger partial charge is 0.325 e. The van der Waals surface area contributed by atoms with Crippen LogP contribution in [0.1, 0.15) is 20.3 Å². The van der Waals surface area contributed by atoms with Crippen molar-refractivity contribution in [2.24, 2.45) is 5.41 Å². The minimum absolute atomic E-state index is 0.369. The minimum Gasteiger partial charge on any atom is -0.325 e. The average Bonchev–Trinajstić information content (AvgIpc) is 2.31. The maximum atomic E-state index is 12.6. The van der Waals surface area contributed by atoms with Crippen molar-refractivity contribution in [3.63, 3.8) is 0 Å². The molecule has 0 saturated carbocycles. The van der Waals surface area contributed by atoms with Crippen molar-refractivity contribution in [2.75, 3.05) is 5.32 Å². The first kappa shape index (κ1) is 12.4. The van der Waals surface area contributed by atoms with Gasteiger partial charge in [-0.05, 0) is 37.6 Å². The molecular formula is C12H14FNO2. The second-order valence-corrected chi connectivity index (χ2v) is 3.85. The first-order chi connectivity index (χ1) is 7.51. The zero-order chi connectivity index (χ0) is 12.2. The van der Waals surface area contributed by atoms with Gasteiger partial charge in [-0.15, -0.1) is 0 Å². The van der Waals surface area contributed by atoms with E-state index < -0.39 is 5.41 Å². The van der Waals surface area contributed by atoms with Crippen LogP contribution in [0.5, 0.6) is 0 Å². The Morgan fingerprint density at radius 3 is 2.44 bits per heavy atom. The Hall–Kier alpha value is -1.71. The number of carbonyl (C=O) groups excluding carboxylic acids is 2. The van der Waals surface area contributed by atoms with Gasteiger partial charge in [-0.3, -0.25) is 4.79 Å². The van der Waals surface area contributed by atoms with Gasteiger partial charge < -0.3 is 10.1 Å². The lowest BCUT2D eigenvalue weighted by Gasteiger charge is -2.19. The fraction of sp³-hybridized carbons (Fsp3) is 0.333. The summed E-state index contributed by atoms with van der Waals surface area (Å²) in [5.41, 5.74) is -0.554. The molecule has 0 fully saturated rings. The molecule has 0 spiro atoms. The molecule has 0 heterocycles. The zero-order valence-electron chi connectivity index (χ0n) is 9.29. The SMILES string of the molecule is CCC(C)(C=O)C(=O)Nc1ccc(F)cc1. The molecule has 1 amide bonds. The predicted octanol–water partition coefficient (Wildman–Crippen LogP) is 2.38. The highest BCUT2D eigenvalue weighted by Gasteiger charge is 2.30. The van der Waals surface area contributed by atoms with Crippen molar-refractivity contribution in [1.82, 2.24) is 0 Å². The third kappa shape index (κ3) is 2.66. The lowest BCUT2D eigenvalue weighted by molar-refractivity contribution is -0.131. The minimum atomic E-state index is -1.03. The Kier molecular flexibility index (Phi) is 3.77. The second kappa shape index (κ2) is 4.88. The standard InChI is InChI=1S/C12H14FNO2/c1-3-12(2,8-15)11(16)14-10-6-4-9(13)5-7-10/h4-8H,3H2,1-2H3,(H,14,16). The van der Waals surface area contributed by atoms with Gasteiger partial charge in [-0.1, -0.05) is 6.92 Å². The van der Waals surface area contributed by atoms with Crippen LogP contribution >= 0.6 is 0 Å². The Labute approximate surface area is 93.7 Å². The Morgan fingerprint density at radius 2 is 2.00 bits per heavy atom. The van der Waals surface area contributed by atoms with E-state index in [0.717, 1.165) is 0 Å². The van der Waals surface area contributed by atoms with E-state index in [1.807, 2.05) is 0 Å². The molecule has 1 aromatic carbocycles. The summed E-state index contributed by atoms with van der Waals surface area (Å²) in [6.07, 6.45) is 1.05. The van der Waals surface area contributed by atoms with E-state index in [0.29, 0.717) is 18.4 Å². The second-order valence-electron chi connectivity index (χ2n) is 3.85. The summed E-state index contributed by atoms with van der Waals surface area (Å²) >= 11 is 0. The molecule has 1 unspecified atom stereocenters. The van der Waals surface area contributed by atoms with E-state index in [9.17, 15) is 14.0 Å². The van der Waals surface area contributed by atoms with Crippen LogP contribution < -0.4 is 5.32 Å². The normalized spacial score (nSPS) is 13.9. The Bertz CT molecular complexity index is 389. The number of rotatable bonds is 4. The van der Waals surface area contributed by atoms with Gasteiger partial charge in [0.25, 0.3) is 0 Å². The van der Waals surface area contributed by atoms with Crippen molar-refractivity contribution in [2.45, 2.75) is 20.3 Å². The molecule has 0 saturated heterocycles. The highest BCUT2D eigenvalue weighted by Crippen LogP contribution is 2.20. The van der Waals surface area contributed by atoms with Crippen molar-refractivity contribution in [1.29, 1.82) is 0 Å². The van der Waals surface area contributed by atoms with Crippen molar-refractivity contribution in [3.8, 4) is 0 Å². The molecule has 0 radical (unpaired) electrons. The molecule has 4 heteroatoms. The Morgan fingerprint density at radius 1 is 1.44 bits per heavy atom. The number of halogens is 1. The molecule has 1 rings (SSSR count). The number of anilines is 1. The molecule has 0 aliphatic rings. The molecule has 1 aromatic rings. The van der Waals surface area contributed by atoms with Crippen LogP contribution in [0.4, 0.5) is 10.1 Å². The van der Waals surface area contributed by atoms with E-state index in [2.05, 4.69) is 5.32 Å². The number of aldehydes is 1. The summed E-state index contributed by atoms with van der Waals surface area (Å²) in [6.45, 7) is 3.33. The van der Waals surface area contributed by atoms with Gasteiger partial charge in [0.1, 0.15) is 17.5 Å². The van der Waals surface area contributed by atoms with E-state index in [4.69, 9.17) is 0 Å². The summed E-state index contributed by atoms with van der Waals surface area (Å²) in [5.74, 6) is -0.747. The maximum Gasteiger partial charge on any atom is 0.237 e. The maximum absolute atomic E-state index is 12.6. The number of hydrogen-bond donors (Lipinski definition) is 1. The van der Waals surface area contributed by atoms with Crippen LogP contribution in [0.25, 0.3) is 0 Å². The van der Waals surface area contributed by atoms with Gasteiger partial charge in [0.05, 0.1) is 0 Å². The predicted molar refractivity (Wildman–Crippen MR) is 59.5 cm³/mol. The van der Waals surface area contributed by atoms with E-state index in [1.165, 1.54) is 24.3 Å². The van der Waals surface area contributed by atoms with E-state index >= 15 is 0 Å². The number of carbonyl (C=O) groups is 2. The third-order valence-electron chi connectivity index (χ3n) is 2.62. The van der Waals surface area contributed by atoms with Gasteiger partial charge in [0.2, 0.25) is 5.91 Å². The molecule has 1 atom stereocenters. The summed E-state index contributed by atoms with van der Waals surface area (Å²) < 4.78 is 12.6. The first-order valence-corrected chi connectivity index (χ1v) is 5.05. The zero-order valence-corrected chi connectivity index (χ0v) is 9.29. The molecule has 1 N–H and O–H groups in total. The fourth-order valence-electron chi connectivity index (χ4n) is 1.10. The highest BCUT2D eigenvalue weighted by molar-refractivity contribution is 6.04. The molecule has 0 bridgehead atoms. The molecule has 0 aromatic heterocycles. The molecule has 16 heavy (non-hydrogen) atoms. The third-order valence-corrected chi connectivity index (χ3v) is 2.62. The highest BCUT2D eigenvalue weighted by atomic mass is 19.1. The van der Waals surface area contributed by atoms with Gasteiger partial charge >= 0.3 is 0 Å². The lowest BCUT2D eigenvalue weighted by atomic mass is 9.88. The number of nitrogens with one attached hydrogen (secondary N) is 1. The molecule has 86 valence electrons. The van der Waals surface area contributed by atoms with Crippen LogP contribution in [-0.4, -0.2) is 12.2 Å². The summed E-state index contributed by atoms with van der Waals surface area (Å²) in [6, 6.07) is 5.40. The van der Waals surface area contributed by atoms with E-state index in [1.54, 1.807) is 13.8 Å². The number of benzene rings is 1. The van der Waals surface area contributed by atoms with Gasteiger partial charge in [-0.25, -0.2) is 4.39 Å². The van der Waals surface area contributed by atoms with Crippen LogP contribution in [0.3, 0.4) is 0 Å². The monoisotopic (exact) mass is 223 g/mol. The molecule has 0 aliphatic heterocycles. The van der Waals surface area contributed by atoms with Gasteiger partial charge in [0, 0.05) is 5.69 Å². The van der Waals surface area contributed by atoms with Crippen LogP contribution in [-0.2, 0) is 9.59 Å². The van der Waals surface area contributed by atoms with Crippen molar-refractivity contribution >= 4 is 17.9 Å². The van der Waals surface area contributed by atoms with Crippen molar-refractivity contribution in [3.05, 3.63) is 30.1 Å². The van der Waals surface area contributed by atoms with Crippen molar-refractivity contribution < 1.29 is 14.0 Å². The summed E-state index contributed by atoms with van der Waals surface area (Å²) in [4.78, 5) is 22.6.